The molecule has 0 saturated heterocycles. The van der Waals surface area contributed by atoms with Gasteiger partial charge in [-0.25, -0.2) is 9.67 Å². The van der Waals surface area contributed by atoms with Crippen molar-refractivity contribution in [3.05, 3.63) is 11.6 Å². The van der Waals surface area contributed by atoms with E-state index in [0.717, 1.165) is 37.5 Å². The quantitative estimate of drug-likeness (QED) is 0.782. The zero-order valence-electron chi connectivity index (χ0n) is 12.2. The van der Waals surface area contributed by atoms with E-state index < -0.39 is 0 Å². The van der Waals surface area contributed by atoms with E-state index >= 15 is 0 Å². The summed E-state index contributed by atoms with van der Waals surface area (Å²) in [6.45, 7) is 15.4. The van der Waals surface area contributed by atoms with Gasteiger partial charge in [0.25, 0.3) is 0 Å². The second kappa shape index (κ2) is 12.2. The summed E-state index contributed by atoms with van der Waals surface area (Å²) in [5.41, 5.74) is 0. The number of hydrogen-bond acceptors (Lipinski definition) is 2. The van der Waals surface area contributed by atoms with E-state index in [1.54, 1.807) is 0 Å². The van der Waals surface area contributed by atoms with E-state index in [4.69, 9.17) is 0 Å². The standard InChI is InChI=1S/C9H17N3.2C2H6/c1-4-7-12-9(6-3)10-8(5-2)11-12;2*1-2/h4-7H2,1-3H3;2*1-2H3. The Kier molecular flexibility index (Phi) is 13.4. The summed E-state index contributed by atoms with van der Waals surface area (Å²) in [6, 6.07) is 0. The molecule has 0 saturated carbocycles. The molecule has 16 heavy (non-hydrogen) atoms. The fourth-order valence-electron chi connectivity index (χ4n) is 1.23. The topological polar surface area (TPSA) is 30.7 Å². The third kappa shape index (κ3) is 5.89. The van der Waals surface area contributed by atoms with Crippen LogP contribution in [0.15, 0.2) is 0 Å². The average Bonchev–Trinajstić information content (AvgIpc) is 2.77. The normalized spacial score (nSPS) is 8.69. The van der Waals surface area contributed by atoms with Crippen LogP contribution >= 0.6 is 0 Å². The Bertz CT molecular complexity index is 241. The van der Waals surface area contributed by atoms with E-state index in [1.807, 2.05) is 32.4 Å². The van der Waals surface area contributed by atoms with Gasteiger partial charge in [-0.2, -0.15) is 5.10 Å². The summed E-state index contributed by atoms with van der Waals surface area (Å²) in [7, 11) is 0. The highest BCUT2D eigenvalue weighted by molar-refractivity contribution is 4.92. The van der Waals surface area contributed by atoms with E-state index in [2.05, 4.69) is 30.9 Å². The Hall–Kier alpha value is -0.860. The van der Waals surface area contributed by atoms with Crippen LogP contribution in [0.4, 0.5) is 0 Å². The van der Waals surface area contributed by atoms with Gasteiger partial charge in [-0.05, 0) is 6.42 Å². The SMILES string of the molecule is CC.CC.CCCn1nc(CC)nc1CC. The maximum Gasteiger partial charge on any atom is 0.150 e. The number of rotatable bonds is 4. The van der Waals surface area contributed by atoms with Gasteiger partial charge in [0.15, 0.2) is 5.82 Å². The molecule has 1 heterocycles. The third-order valence-corrected chi connectivity index (χ3v) is 1.86. The lowest BCUT2D eigenvalue weighted by atomic mass is 10.4. The van der Waals surface area contributed by atoms with E-state index in [9.17, 15) is 0 Å². The fourth-order valence-corrected chi connectivity index (χ4v) is 1.23. The van der Waals surface area contributed by atoms with Crippen LogP contribution in [0, 0.1) is 0 Å². The molecule has 0 unspecified atom stereocenters. The minimum absolute atomic E-state index is 0.934. The predicted octanol–water partition coefficient (Wildman–Crippen LogP) is 3.87. The van der Waals surface area contributed by atoms with Gasteiger partial charge in [0.2, 0.25) is 0 Å². The van der Waals surface area contributed by atoms with Crippen LogP contribution in [0.5, 0.6) is 0 Å². The highest BCUT2D eigenvalue weighted by Gasteiger charge is 2.04. The van der Waals surface area contributed by atoms with E-state index in [1.165, 1.54) is 0 Å². The smallest absolute Gasteiger partial charge is 0.150 e. The molecule has 0 atom stereocenters. The second-order valence-electron chi connectivity index (χ2n) is 2.87. The van der Waals surface area contributed by atoms with Crippen LogP contribution in [0.3, 0.4) is 0 Å². The largest absolute Gasteiger partial charge is 0.250 e. The van der Waals surface area contributed by atoms with Gasteiger partial charge < -0.3 is 0 Å². The fraction of sp³-hybridized carbons (Fsp3) is 0.846. The van der Waals surface area contributed by atoms with Gasteiger partial charge in [0.05, 0.1) is 0 Å². The van der Waals surface area contributed by atoms with Crippen LogP contribution in [0.1, 0.15) is 66.5 Å². The van der Waals surface area contributed by atoms with Crippen LogP contribution < -0.4 is 0 Å². The van der Waals surface area contributed by atoms with Crippen LogP contribution in [0.25, 0.3) is 0 Å². The predicted molar refractivity (Wildman–Crippen MR) is 71.8 cm³/mol. The molecule has 1 aromatic heterocycles. The van der Waals surface area contributed by atoms with E-state index in [-0.39, 0.29) is 0 Å². The monoisotopic (exact) mass is 227 g/mol. The second-order valence-corrected chi connectivity index (χ2v) is 2.87. The number of aromatic nitrogens is 3. The first-order valence-corrected chi connectivity index (χ1v) is 6.74. The molecule has 0 N–H and O–H groups in total. The van der Waals surface area contributed by atoms with Gasteiger partial charge >= 0.3 is 0 Å². The molecule has 0 bridgehead atoms. The number of hydrogen-bond donors (Lipinski definition) is 0. The Morgan fingerprint density at radius 3 is 1.88 bits per heavy atom. The van der Waals surface area contributed by atoms with Crippen LogP contribution in [-0.2, 0) is 19.4 Å². The first-order chi connectivity index (χ1) is 7.81. The molecule has 0 aliphatic carbocycles. The first kappa shape index (κ1) is 17.5. The summed E-state index contributed by atoms with van der Waals surface area (Å²) in [6.07, 6.45) is 3.04. The number of nitrogens with zero attached hydrogens (tertiary/aromatic N) is 3. The summed E-state index contributed by atoms with van der Waals surface area (Å²) in [5, 5.41) is 4.39. The molecular weight excluding hydrogens is 198 g/mol. The Labute approximate surface area is 101 Å². The Balaban J connectivity index is 0. The van der Waals surface area contributed by atoms with Crippen molar-refractivity contribution in [2.75, 3.05) is 0 Å². The van der Waals surface area contributed by atoms with Crippen molar-refractivity contribution < 1.29 is 0 Å². The molecular formula is C13H29N3. The summed E-state index contributed by atoms with van der Waals surface area (Å²) in [4.78, 5) is 4.42. The van der Waals surface area contributed by atoms with Gasteiger partial charge in [-0.3, -0.25) is 0 Å². The Morgan fingerprint density at radius 2 is 1.50 bits per heavy atom. The maximum atomic E-state index is 4.42. The van der Waals surface area contributed by atoms with Gasteiger partial charge in [-0.1, -0.05) is 48.5 Å². The zero-order valence-corrected chi connectivity index (χ0v) is 12.2. The molecule has 0 amide bonds. The van der Waals surface area contributed by atoms with Crippen molar-refractivity contribution in [3.63, 3.8) is 0 Å². The van der Waals surface area contributed by atoms with Crippen molar-refractivity contribution >= 4 is 0 Å². The molecule has 0 radical (unpaired) electrons. The maximum absolute atomic E-state index is 4.42. The molecule has 96 valence electrons. The minimum Gasteiger partial charge on any atom is -0.250 e. The zero-order chi connectivity index (χ0) is 13.0. The average molecular weight is 227 g/mol. The van der Waals surface area contributed by atoms with Gasteiger partial charge in [0, 0.05) is 19.4 Å². The first-order valence-electron chi connectivity index (χ1n) is 6.74. The minimum atomic E-state index is 0.934. The molecule has 1 aromatic rings. The molecule has 1 rings (SSSR count). The summed E-state index contributed by atoms with van der Waals surface area (Å²) >= 11 is 0. The highest BCUT2D eigenvalue weighted by Crippen LogP contribution is 2.01. The van der Waals surface area contributed by atoms with Crippen LogP contribution in [-0.4, -0.2) is 14.8 Å². The lowest BCUT2D eigenvalue weighted by molar-refractivity contribution is 0.568. The van der Waals surface area contributed by atoms with Crippen molar-refractivity contribution in [1.29, 1.82) is 0 Å². The lowest BCUT2D eigenvalue weighted by Gasteiger charge is -1.99. The molecule has 3 nitrogen and oxygen atoms in total. The lowest BCUT2D eigenvalue weighted by Crippen LogP contribution is -2.04. The van der Waals surface area contributed by atoms with Crippen molar-refractivity contribution in [3.8, 4) is 0 Å². The molecule has 3 heteroatoms. The van der Waals surface area contributed by atoms with Crippen molar-refractivity contribution in [1.82, 2.24) is 14.8 Å². The van der Waals surface area contributed by atoms with Gasteiger partial charge in [0.1, 0.15) is 5.82 Å². The molecule has 0 fully saturated rings. The summed E-state index contributed by atoms with van der Waals surface area (Å²) in [5.74, 6) is 2.09. The Morgan fingerprint density at radius 1 is 0.938 bits per heavy atom. The van der Waals surface area contributed by atoms with Gasteiger partial charge in [-0.15, -0.1) is 0 Å². The molecule has 0 aromatic carbocycles. The molecule has 0 aliphatic heterocycles. The van der Waals surface area contributed by atoms with Crippen LogP contribution in [0.2, 0.25) is 0 Å². The van der Waals surface area contributed by atoms with Crippen molar-refractivity contribution in [2.24, 2.45) is 0 Å². The third-order valence-electron chi connectivity index (χ3n) is 1.86. The summed E-state index contributed by atoms with van der Waals surface area (Å²) < 4.78 is 2.03. The molecule has 0 spiro atoms. The molecule has 0 aliphatic rings. The van der Waals surface area contributed by atoms with E-state index in [0.29, 0.717) is 0 Å². The highest BCUT2D eigenvalue weighted by atomic mass is 15.3. The van der Waals surface area contributed by atoms with Crippen molar-refractivity contribution in [2.45, 2.75) is 74.3 Å². The number of aryl methyl sites for hydroxylation is 3.